The molecule has 4 rings (SSSR count). The highest BCUT2D eigenvalue weighted by Crippen LogP contribution is 2.29. The van der Waals surface area contributed by atoms with E-state index in [-0.39, 0.29) is 11.6 Å². The van der Waals surface area contributed by atoms with E-state index in [2.05, 4.69) is 20.1 Å². The Morgan fingerprint density at radius 3 is 2.92 bits per heavy atom. The first-order valence-corrected chi connectivity index (χ1v) is 8.82. The van der Waals surface area contributed by atoms with Crippen LogP contribution >= 0.6 is 23.1 Å². The topological polar surface area (TPSA) is 111 Å². The van der Waals surface area contributed by atoms with Crippen LogP contribution in [0.2, 0.25) is 0 Å². The standard InChI is InChI=1S/C15H11N5O2S2/c16-12-9-5-6-23-14(9)19-15(18-12)24-7-11-17-13(22-20-11)8-3-1-2-4-10(8)21/h1-6,21H,7H2,(H2,16,18,19). The third-order valence-corrected chi connectivity index (χ3v) is 4.92. The second-order valence-corrected chi connectivity index (χ2v) is 6.69. The first-order valence-electron chi connectivity index (χ1n) is 6.95. The lowest BCUT2D eigenvalue weighted by atomic mass is 10.2. The minimum absolute atomic E-state index is 0.0969. The van der Waals surface area contributed by atoms with Gasteiger partial charge in [0.25, 0.3) is 5.89 Å². The number of anilines is 1. The zero-order valence-electron chi connectivity index (χ0n) is 12.2. The van der Waals surface area contributed by atoms with Crippen LogP contribution in [0.5, 0.6) is 5.75 Å². The molecular formula is C15H11N5O2S2. The van der Waals surface area contributed by atoms with Crippen LogP contribution < -0.4 is 5.73 Å². The average Bonchev–Trinajstić information content (AvgIpc) is 3.22. The van der Waals surface area contributed by atoms with E-state index >= 15 is 0 Å². The lowest BCUT2D eigenvalue weighted by Crippen LogP contribution is -1.95. The minimum Gasteiger partial charge on any atom is -0.507 e. The molecule has 0 aliphatic carbocycles. The van der Waals surface area contributed by atoms with Gasteiger partial charge in [-0.15, -0.1) is 11.3 Å². The van der Waals surface area contributed by atoms with Crippen LogP contribution in [0.15, 0.2) is 45.4 Å². The third kappa shape index (κ3) is 2.79. The first kappa shape index (κ1) is 14.9. The number of nitrogens with zero attached hydrogens (tertiary/aromatic N) is 4. The van der Waals surface area contributed by atoms with Crippen LogP contribution in [-0.2, 0) is 5.75 Å². The van der Waals surface area contributed by atoms with Gasteiger partial charge in [-0.25, -0.2) is 9.97 Å². The molecule has 0 saturated heterocycles. The van der Waals surface area contributed by atoms with Crippen LogP contribution in [0.3, 0.4) is 0 Å². The number of rotatable bonds is 4. The van der Waals surface area contributed by atoms with Crippen molar-refractivity contribution in [2.24, 2.45) is 0 Å². The van der Waals surface area contributed by atoms with Gasteiger partial charge in [0, 0.05) is 0 Å². The Hall–Kier alpha value is -2.65. The number of thioether (sulfide) groups is 1. The van der Waals surface area contributed by atoms with Crippen molar-refractivity contribution in [1.82, 2.24) is 20.1 Å². The van der Waals surface area contributed by atoms with Gasteiger partial charge in [-0.2, -0.15) is 4.98 Å². The molecule has 0 radical (unpaired) electrons. The molecule has 0 bridgehead atoms. The number of fused-ring (bicyclic) bond motifs is 1. The molecule has 0 spiro atoms. The number of benzene rings is 1. The summed E-state index contributed by atoms with van der Waals surface area (Å²) in [6, 6.07) is 8.71. The van der Waals surface area contributed by atoms with Gasteiger partial charge in [0.1, 0.15) is 16.4 Å². The van der Waals surface area contributed by atoms with Crippen molar-refractivity contribution in [2.45, 2.75) is 10.9 Å². The molecule has 0 aliphatic rings. The van der Waals surface area contributed by atoms with Crippen molar-refractivity contribution >= 4 is 39.1 Å². The van der Waals surface area contributed by atoms with Crippen LogP contribution in [0.25, 0.3) is 21.7 Å². The van der Waals surface area contributed by atoms with E-state index in [0.717, 1.165) is 10.2 Å². The predicted octanol–water partition coefficient (Wildman–Crippen LogP) is 3.32. The number of aromatic nitrogens is 4. The van der Waals surface area contributed by atoms with E-state index in [0.29, 0.717) is 28.1 Å². The van der Waals surface area contributed by atoms with Crippen LogP contribution in [0, 0.1) is 0 Å². The summed E-state index contributed by atoms with van der Waals surface area (Å²) in [6.07, 6.45) is 0. The number of thiophene rings is 1. The van der Waals surface area contributed by atoms with Crippen molar-refractivity contribution in [1.29, 1.82) is 0 Å². The SMILES string of the molecule is Nc1nc(SCc2noc(-c3ccccc3O)n2)nc2sccc12. The molecule has 0 aliphatic heterocycles. The fourth-order valence-electron chi connectivity index (χ4n) is 2.13. The van der Waals surface area contributed by atoms with Crippen molar-refractivity contribution < 1.29 is 9.63 Å². The van der Waals surface area contributed by atoms with Gasteiger partial charge >= 0.3 is 0 Å². The van der Waals surface area contributed by atoms with E-state index in [1.807, 2.05) is 11.4 Å². The van der Waals surface area contributed by atoms with E-state index in [4.69, 9.17) is 10.3 Å². The molecule has 0 saturated carbocycles. The number of hydrogen-bond acceptors (Lipinski definition) is 9. The van der Waals surface area contributed by atoms with Crippen LogP contribution in [-0.4, -0.2) is 25.2 Å². The Kier molecular flexibility index (Phi) is 3.79. The Bertz CT molecular complexity index is 1010. The fourth-order valence-corrected chi connectivity index (χ4v) is 3.65. The summed E-state index contributed by atoms with van der Waals surface area (Å²) < 4.78 is 5.20. The summed E-state index contributed by atoms with van der Waals surface area (Å²) in [4.78, 5) is 13.9. The Morgan fingerprint density at radius 1 is 1.17 bits per heavy atom. The number of phenolic OH excluding ortho intramolecular Hbond substituents is 1. The molecule has 3 aromatic heterocycles. The fraction of sp³-hybridized carbons (Fsp3) is 0.0667. The predicted molar refractivity (Wildman–Crippen MR) is 92.8 cm³/mol. The Labute approximate surface area is 144 Å². The average molecular weight is 357 g/mol. The van der Waals surface area contributed by atoms with Crippen molar-refractivity contribution in [2.75, 3.05) is 5.73 Å². The summed E-state index contributed by atoms with van der Waals surface area (Å²) in [6.45, 7) is 0. The molecule has 4 aromatic rings. The largest absolute Gasteiger partial charge is 0.507 e. The maximum absolute atomic E-state index is 9.83. The molecule has 7 nitrogen and oxygen atoms in total. The molecule has 3 N–H and O–H groups in total. The third-order valence-electron chi connectivity index (χ3n) is 3.27. The van der Waals surface area contributed by atoms with Gasteiger partial charge in [-0.05, 0) is 23.6 Å². The molecular weight excluding hydrogens is 346 g/mol. The molecule has 0 amide bonds. The van der Waals surface area contributed by atoms with Gasteiger partial charge < -0.3 is 15.4 Å². The molecule has 120 valence electrons. The molecule has 0 unspecified atom stereocenters. The Balaban J connectivity index is 1.53. The van der Waals surface area contributed by atoms with Crippen molar-refractivity contribution in [3.05, 3.63) is 41.5 Å². The molecule has 1 aromatic carbocycles. The number of aromatic hydroxyl groups is 1. The molecule has 0 fully saturated rings. The molecule has 3 heterocycles. The highest BCUT2D eigenvalue weighted by molar-refractivity contribution is 7.98. The number of nitrogen functional groups attached to an aromatic ring is 1. The van der Waals surface area contributed by atoms with Crippen LogP contribution in [0.4, 0.5) is 5.82 Å². The van der Waals surface area contributed by atoms with Gasteiger partial charge in [-0.3, -0.25) is 0 Å². The normalized spacial score (nSPS) is 11.2. The minimum atomic E-state index is 0.0969. The molecule has 24 heavy (non-hydrogen) atoms. The zero-order chi connectivity index (χ0) is 16.5. The number of hydrogen-bond donors (Lipinski definition) is 2. The highest BCUT2D eigenvalue weighted by Gasteiger charge is 2.13. The zero-order valence-corrected chi connectivity index (χ0v) is 13.8. The van der Waals surface area contributed by atoms with E-state index in [9.17, 15) is 5.11 Å². The van der Waals surface area contributed by atoms with E-state index < -0.39 is 0 Å². The maximum atomic E-state index is 9.83. The lowest BCUT2D eigenvalue weighted by molar-refractivity contribution is 0.419. The second kappa shape index (κ2) is 6.10. The quantitative estimate of drug-likeness (QED) is 0.423. The van der Waals surface area contributed by atoms with E-state index in [1.165, 1.54) is 23.1 Å². The molecule has 9 heteroatoms. The first-order chi connectivity index (χ1) is 11.7. The summed E-state index contributed by atoms with van der Waals surface area (Å²) in [5.41, 5.74) is 6.43. The maximum Gasteiger partial charge on any atom is 0.261 e. The summed E-state index contributed by atoms with van der Waals surface area (Å²) in [5, 5.41) is 17.1. The second-order valence-electron chi connectivity index (χ2n) is 4.85. The van der Waals surface area contributed by atoms with Gasteiger partial charge in [-0.1, -0.05) is 29.1 Å². The smallest absolute Gasteiger partial charge is 0.261 e. The number of nitrogens with two attached hydrogens (primary N) is 1. The monoisotopic (exact) mass is 357 g/mol. The number of para-hydroxylation sites is 1. The van der Waals surface area contributed by atoms with Crippen LogP contribution in [0.1, 0.15) is 5.82 Å². The highest BCUT2D eigenvalue weighted by atomic mass is 32.2. The molecule has 0 atom stereocenters. The summed E-state index contributed by atoms with van der Waals surface area (Å²) >= 11 is 2.89. The van der Waals surface area contributed by atoms with Gasteiger partial charge in [0.05, 0.1) is 16.7 Å². The number of phenols is 1. The van der Waals surface area contributed by atoms with Gasteiger partial charge in [0.2, 0.25) is 0 Å². The summed E-state index contributed by atoms with van der Waals surface area (Å²) in [7, 11) is 0. The van der Waals surface area contributed by atoms with E-state index in [1.54, 1.807) is 24.3 Å². The summed E-state index contributed by atoms with van der Waals surface area (Å²) in [5.74, 6) is 1.77. The van der Waals surface area contributed by atoms with Crippen molar-refractivity contribution in [3.63, 3.8) is 0 Å². The Morgan fingerprint density at radius 2 is 2.04 bits per heavy atom. The van der Waals surface area contributed by atoms with Gasteiger partial charge in [0.15, 0.2) is 11.0 Å². The lowest BCUT2D eigenvalue weighted by Gasteiger charge is -2.00. The van der Waals surface area contributed by atoms with Crippen molar-refractivity contribution in [3.8, 4) is 17.2 Å².